The molecule has 0 heteroatoms. The van der Waals surface area contributed by atoms with E-state index in [1.807, 2.05) is 0 Å². The van der Waals surface area contributed by atoms with Crippen LogP contribution < -0.4 is 0 Å². The van der Waals surface area contributed by atoms with Gasteiger partial charge in [-0.25, -0.2) is 0 Å². The summed E-state index contributed by atoms with van der Waals surface area (Å²) in [5.41, 5.74) is 5.04. The van der Waals surface area contributed by atoms with Gasteiger partial charge >= 0.3 is 0 Å². The van der Waals surface area contributed by atoms with E-state index in [0.717, 1.165) is 0 Å². The molecule has 0 bridgehead atoms. The second-order valence-electron chi connectivity index (χ2n) is 8.59. The van der Waals surface area contributed by atoms with Crippen molar-refractivity contribution in [3.8, 4) is 22.3 Å². The summed E-state index contributed by atoms with van der Waals surface area (Å²) >= 11 is 0. The van der Waals surface area contributed by atoms with E-state index in [0.29, 0.717) is 0 Å². The number of fused-ring (bicyclic) bond motifs is 2. The van der Waals surface area contributed by atoms with Crippen LogP contribution >= 0.6 is 0 Å². The molecule has 0 aromatic heterocycles. The molecule has 0 amide bonds. The van der Waals surface area contributed by atoms with Crippen molar-refractivity contribution in [2.75, 3.05) is 0 Å². The lowest BCUT2D eigenvalue weighted by Gasteiger charge is -2.17. The van der Waals surface area contributed by atoms with Crippen molar-refractivity contribution in [3.63, 3.8) is 0 Å². The van der Waals surface area contributed by atoms with E-state index in [4.69, 9.17) is 0 Å². The van der Waals surface area contributed by atoms with Gasteiger partial charge in [0.05, 0.1) is 0 Å². The molecule has 0 aliphatic carbocycles. The monoisotopic (exact) mass is 404 g/mol. The molecule has 7 aromatic rings. The fraction of sp³-hybridized carbons (Fsp3) is 0. The van der Waals surface area contributed by atoms with Crippen LogP contribution in [0.2, 0.25) is 0 Å². The second kappa shape index (κ2) is 6.67. The molecule has 0 spiro atoms. The molecule has 0 fully saturated rings. The van der Waals surface area contributed by atoms with Crippen LogP contribution in [0.25, 0.3) is 65.3 Å². The number of hydrogen-bond acceptors (Lipinski definition) is 0. The largest absolute Gasteiger partial charge is 0.0622 e. The summed E-state index contributed by atoms with van der Waals surface area (Å²) in [6.45, 7) is 0. The highest BCUT2D eigenvalue weighted by atomic mass is 14.2. The first-order valence-corrected chi connectivity index (χ1v) is 11.1. The Morgan fingerprint density at radius 1 is 0.281 bits per heavy atom. The number of hydrogen-bond donors (Lipinski definition) is 0. The topological polar surface area (TPSA) is 0 Å². The molecule has 0 aliphatic rings. The van der Waals surface area contributed by atoms with Gasteiger partial charge in [0.2, 0.25) is 0 Å². The Morgan fingerprint density at radius 2 is 0.719 bits per heavy atom. The van der Waals surface area contributed by atoms with Crippen LogP contribution in [-0.4, -0.2) is 0 Å². The molecule has 7 rings (SSSR count). The lowest BCUT2D eigenvalue weighted by atomic mass is 9.86. The molecule has 32 heavy (non-hydrogen) atoms. The van der Waals surface area contributed by atoms with Gasteiger partial charge < -0.3 is 0 Å². The maximum atomic E-state index is 2.39. The number of rotatable bonds is 2. The normalized spacial score (nSPS) is 11.8. The van der Waals surface area contributed by atoms with E-state index in [2.05, 4.69) is 121 Å². The Hall–Kier alpha value is -4.16. The van der Waals surface area contributed by atoms with Crippen molar-refractivity contribution >= 4 is 43.1 Å². The number of benzene rings is 7. The first-order chi connectivity index (χ1) is 15.9. The highest BCUT2D eigenvalue weighted by molar-refractivity contribution is 6.33. The van der Waals surface area contributed by atoms with Crippen molar-refractivity contribution in [3.05, 3.63) is 121 Å². The van der Waals surface area contributed by atoms with Crippen molar-refractivity contribution in [1.82, 2.24) is 0 Å². The molecule has 148 valence electrons. The first kappa shape index (κ1) is 17.5. The van der Waals surface area contributed by atoms with E-state index < -0.39 is 0 Å². The zero-order valence-electron chi connectivity index (χ0n) is 17.5. The molecule has 0 heterocycles. The molecular formula is C32H20. The Labute approximate surface area is 186 Å². The van der Waals surface area contributed by atoms with Gasteiger partial charge in [-0.15, -0.1) is 0 Å². The maximum Gasteiger partial charge on any atom is -0.00259 e. The van der Waals surface area contributed by atoms with E-state index in [9.17, 15) is 0 Å². The highest BCUT2D eigenvalue weighted by Gasteiger charge is 2.15. The summed E-state index contributed by atoms with van der Waals surface area (Å²) < 4.78 is 0. The van der Waals surface area contributed by atoms with Crippen LogP contribution in [0, 0.1) is 0 Å². The Bertz CT molecular complexity index is 1610. The molecular weight excluding hydrogens is 384 g/mol. The van der Waals surface area contributed by atoms with Gasteiger partial charge in [0, 0.05) is 0 Å². The first-order valence-electron chi connectivity index (χ1n) is 11.1. The molecule has 0 saturated heterocycles. The van der Waals surface area contributed by atoms with E-state index >= 15 is 0 Å². The lowest BCUT2D eigenvalue weighted by molar-refractivity contribution is 1.65. The van der Waals surface area contributed by atoms with E-state index in [-0.39, 0.29) is 0 Å². The van der Waals surface area contributed by atoms with Crippen molar-refractivity contribution in [2.45, 2.75) is 0 Å². The average Bonchev–Trinajstić information content (AvgIpc) is 2.87. The van der Waals surface area contributed by atoms with Crippen molar-refractivity contribution in [2.24, 2.45) is 0 Å². The summed E-state index contributed by atoms with van der Waals surface area (Å²) in [7, 11) is 0. The Balaban J connectivity index is 1.70. The summed E-state index contributed by atoms with van der Waals surface area (Å²) in [6.07, 6.45) is 0. The minimum absolute atomic E-state index is 1.25. The summed E-state index contributed by atoms with van der Waals surface area (Å²) in [4.78, 5) is 0. The molecule has 0 saturated carbocycles. The van der Waals surface area contributed by atoms with Crippen LogP contribution in [0.15, 0.2) is 121 Å². The third-order valence-electron chi connectivity index (χ3n) is 6.75. The highest BCUT2D eigenvalue weighted by Crippen LogP contribution is 2.43. The average molecular weight is 405 g/mol. The molecule has 0 N–H and O–H groups in total. The predicted octanol–water partition coefficient (Wildman–Crippen LogP) is 9.07. The van der Waals surface area contributed by atoms with Crippen molar-refractivity contribution in [1.29, 1.82) is 0 Å². The minimum Gasteiger partial charge on any atom is -0.0622 e. The van der Waals surface area contributed by atoms with Gasteiger partial charge in [-0.3, -0.25) is 0 Å². The van der Waals surface area contributed by atoms with Crippen LogP contribution in [0.3, 0.4) is 0 Å². The van der Waals surface area contributed by atoms with Gasteiger partial charge in [0.25, 0.3) is 0 Å². The van der Waals surface area contributed by atoms with E-state index in [1.165, 1.54) is 65.3 Å². The minimum atomic E-state index is 1.25. The maximum absolute atomic E-state index is 2.39. The van der Waals surface area contributed by atoms with Crippen LogP contribution in [0.4, 0.5) is 0 Å². The predicted molar refractivity (Wildman–Crippen MR) is 139 cm³/mol. The lowest BCUT2D eigenvalue weighted by Crippen LogP contribution is -1.89. The Morgan fingerprint density at radius 3 is 1.16 bits per heavy atom. The molecule has 0 nitrogen and oxygen atoms in total. The zero-order valence-corrected chi connectivity index (χ0v) is 17.5. The second-order valence-corrected chi connectivity index (χ2v) is 8.59. The molecule has 0 aliphatic heterocycles. The van der Waals surface area contributed by atoms with Gasteiger partial charge in [-0.2, -0.15) is 0 Å². The smallest absolute Gasteiger partial charge is 0.00259 e. The molecule has 7 aromatic carbocycles. The summed E-state index contributed by atoms with van der Waals surface area (Å²) in [5, 5.41) is 10.6. The van der Waals surface area contributed by atoms with Gasteiger partial charge in [0.1, 0.15) is 0 Å². The fourth-order valence-corrected chi connectivity index (χ4v) is 5.32. The van der Waals surface area contributed by atoms with Gasteiger partial charge in [-0.1, -0.05) is 97.1 Å². The van der Waals surface area contributed by atoms with Gasteiger partial charge in [0.15, 0.2) is 0 Å². The standard InChI is InChI=1S/C32H20/c1-3-9-21(10-4-1)25-17-23-13-7-15-27-28-16-8-14-24-18-26(22-11-5-2-6-12-22)20-30(32(24)28)29(19-25)31(23)27/h1-20H. The van der Waals surface area contributed by atoms with Crippen LogP contribution in [0.5, 0.6) is 0 Å². The van der Waals surface area contributed by atoms with E-state index in [1.54, 1.807) is 0 Å². The van der Waals surface area contributed by atoms with Gasteiger partial charge in [-0.05, 0) is 89.6 Å². The molecule has 0 atom stereocenters. The third kappa shape index (κ3) is 2.50. The van der Waals surface area contributed by atoms with Crippen LogP contribution in [-0.2, 0) is 0 Å². The summed E-state index contributed by atoms with van der Waals surface area (Å²) in [5.74, 6) is 0. The SMILES string of the molecule is c1ccc(-c2cc3cccc4c5cccc6cc(-c7ccccc7)cc(c(c2)c34)c65)cc1. The fourth-order valence-electron chi connectivity index (χ4n) is 5.32. The third-order valence-corrected chi connectivity index (χ3v) is 6.75. The quantitative estimate of drug-likeness (QED) is 0.199. The zero-order chi connectivity index (χ0) is 21.1. The Kier molecular flexibility index (Phi) is 3.65. The van der Waals surface area contributed by atoms with Crippen molar-refractivity contribution < 1.29 is 0 Å². The molecule has 0 radical (unpaired) electrons. The van der Waals surface area contributed by atoms with Crippen LogP contribution in [0.1, 0.15) is 0 Å². The molecule has 0 unspecified atom stereocenters. The summed E-state index contributed by atoms with van der Waals surface area (Å²) in [6, 6.07) is 44.3.